The van der Waals surface area contributed by atoms with E-state index < -0.39 is 12.0 Å². The maximum Gasteiger partial charge on any atom is 0.326 e. The van der Waals surface area contributed by atoms with Crippen molar-refractivity contribution in [2.24, 2.45) is 5.92 Å². The summed E-state index contributed by atoms with van der Waals surface area (Å²) in [5.74, 6) is -0.904. The van der Waals surface area contributed by atoms with E-state index in [4.69, 9.17) is 0 Å². The van der Waals surface area contributed by atoms with E-state index in [9.17, 15) is 14.7 Å². The molecule has 0 aliphatic carbocycles. The molecule has 0 saturated carbocycles. The average molecular weight is 282 g/mol. The second kappa shape index (κ2) is 5.61. The average Bonchev–Trinajstić information content (AvgIpc) is 2.97. The van der Waals surface area contributed by atoms with Gasteiger partial charge in [-0.05, 0) is 34.7 Å². The van der Waals surface area contributed by atoms with Crippen molar-refractivity contribution in [3.8, 4) is 0 Å². The van der Waals surface area contributed by atoms with E-state index in [1.54, 1.807) is 23.3 Å². The van der Waals surface area contributed by atoms with Crippen LogP contribution in [0.5, 0.6) is 0 Å². The molecule has 0 bridgehead atoms. The second-order valence-corrected chi connectivity index (χ2v) is 5.79. The van der Waals surface area contributed by atoms with Crippen LogP contribution in [0.25, 0.3) is 0 Å². The Labute approximate surface area is 116 Å². The summed E-state index contributed by atoms with van der Waals surface area (Å²) in [4.78, 5) is 26.6. The maximum absolute atomic E-state index is 12.3. The van der Waals surface area contributed by atoms with Crippen molar-refractivity contribution < 1.29 is 14.7 Å². The molecule has 0 aromatic carbocycles. The van der Waals surface area contributed by atoms with Crippen LogP contribution in [0, 0.1) is 5.92 Å². The molecule has 2 heterocycles. The van der Waals surface area contributed by atoms with Gasteiger partial charge in [0.05, 0.1) is 0 Å². The van der Waals surface area contributed by atoms with Gasteiger partial charge in [-0.15, -0.1) is 0 Å². The van der Waals surface area contributed by atoms with E-state index in [-0.39, 0.29) is 11.9 Å². The second-order valence-electron chi connectivity index (χ2n) is 5.01. The van der Waals surface area contributed by atoms with Crippen molar-refractivity contribution in [1.82, 2.24) is 9.80 Å². The van der Waals surface area contributed by atoms with E-state index in [1.165, 1.54) is 4.90 Å². The maximum atomic E-state index is 12.3. The molecule has 2 unspecified atom stereocenters. The minimum atomic E-state index is -0.915. The zero-order chi connectivity index (χ0) is 14.0. The van der Waals surface area contributed by atoms with Crippen LogP contribution in [0.4, 0.5) is 4.79 Å². The van der Waals surface area contributed by atoms with Crippen molar-refractivity contribution >= 4 is 23.3 Å². The van der Waals surface area contributed by atoms with Gasteiger partial charge in [-0.25, -0.2) is 9.59 Å². The number of hydrogen-bond donors (Lipinski definition) is 1. The van der Waals surface area contributed by atoms with Crippen molar-refractivity contribution in [3.63, 3.8) is 0 Å². The molecule has 0 radical (unpaired) electrons. The number of carbonyl (C=O) groups excluding carboxylic acids is 1. The topological polar surface area (TPSA) is 60.9 Å². The molecule has 1 saturated heterocycles. The molecular formula is C13H18N2O3S. The number of carbonyl (C=O) groups is 2. The number of rotatable bonds is 3. The van der Waals surface area contributed by atoms with Crippen LogP contribution in [-0.4, -0.2) is 46.5 Å². The highest BCUT2D eigenvalue weighted by Crippen LogP contribution is 2.25. The van der Waals surface area contributed by atoms with Gasteiger partial charge >= 0.3 is 12.0 Å². The Balaban J connectivity index is 2.04. The molecule has 1 fully saturated rings. The largest absolute Gasteiger partial charge is 0.480 e. The quantitative estimate of drug-likeness (QED) is 0.923. The highest BCUT2D eigenvalue weighted by atomic mass is 32.1. The third-order valence-corrected chi connectivity index (χ3v) is 4.26. The first kappa shape index (κ1) is 13.9. The Morgan fingerprint density at radius 1 is 1.58 bits per heavy atom. The zero-order valence-corrected chi connectivity index (χ0v) is 11.9. The Kier molecular flexibility index (Phi) is 4.09. The Bertz CT molecular complexity index is 460. The minimum absolute atomic E-state index is 0.0102. The molecule has 6 heteroatoms. The lowest BCUT2D eigenvalue weighted by Gasteiger charge is -2.28. The van der Waals surface area contributed by atoms with Crippen LogP contribution in [-0.2, 0) is 11.3 Å². The van der Waals surface area contributed by atoms with Crippen LogP contribution < -0.4 is 0 Å². The number of amides is 2. The van der Waals surface area contributed by atoms with Crippen LogP contribution in [0.3, 0.4) is 0 Å². The molecule has 1 aromatic heterocycles. The molecule has 104 valence electrons. The number of nitrogens with zero attached hydrogens (tertiary/aromatic N) is 2. The van der Waals surface area contributed by atoms with E-state index >= 15 is 0 Å². The number of carboxylic acid groups (broad SMARTS) is 1. The zero-order valence-electron chi connectivity index (χ0n) is 11.1. The van der Waals surface area contributed by atoms with Gasteiger partial charge in [-0.1, -0.05) is 6.92 Å². The first-order valence-corrected chi connectivity index (χ1v) is 7.20. The fourth-order valence-corrected chi connectivity index (χ4v) is 3.14. The molecule has 2 rings (SSSR count). The number of thiophene rings is 1. The number of carboxylic acids is 1. The fraction of sp³-hybridized carbons (Fsp3) is 0.538. The number of hydrogen-bond acceptors (Lipinski definition) is 3. The predicted molar refractivity (Wildman–Crippen MR) is 73.1 cm³/mol. The smallest absolute Gasteiger partial charge is 0.326 e. The summed E-state index contributed by atoms with van der Waals surface area (Å²) in [5.41, 5.74) is 1.07. The number of urea groups is 1. The SMILES string of the molecule is CC1CCN(C(=O)N(C)Cc2ccsc2)C1C(=O)O. The summed E-state index contributed by atoms with van der Waals surface area (Å²) in [6.07, 6.45) is 0.745. The van der Waals surface area contributed by atoms with Gasteiger partial charge < -0.3 is 14.9 Å². The summed E-state index contributed by atoms with van der Waals surface area (Å²) < 4.78 is 0. The number of likely N-dealkylation sites (tertiary alicyclic amines) is 1. The van der Waals surface area contributed by atoms with Gasteiger partial charge in [0.2, 0.25) is 0 Å². The van der Waals surface area contributed by atoms with E-state index in [2.05, 4.69) is 0 Å². The molecule has 5 nitrogen and oxygen atoms in total. The third-order valence-electron chi connectivity index (χ3n) is 3.53. The third kappa shape index (κ3) is 2.89. The summed E-state index contributed by atoms with van der Waals surface area (Å²) in [7, 11) is 1.71. The highest BCUT2D eigenvalue weighted by Gasteiger charge is 2.40. The summed E-state index contributed by atoms with van der Waals surface area (Å²) in [6, 6.07) is 1.07. The molecule has 2 amide bonds. The van der Waals surface area contributed by atoms with Crippen LogP contribution in [0.15, 0.2) is 16.8 Å². The van der Waals surface area contributed by atoms with Crippen molar-refractivity contribution in [1.29, 1.82) is 0 Å². The molecule has 1 aliphatic heterocycles. The first-order valence-electron chi connectivity index (χ1n) is 6.26. The predicted octanol–water partition coefficient (Wildman–Crippen LogP) is 2.09. The molecule has 1 aromatic rings. The summed E-state index contributed by atoms with van der Waals surface area (Å²) in [6.45, 7) is 2.91. The lowest BCUT2D eigenvalue weighted by atomic mass is 10.0. The summed E-state index contributed by atoms with van der Waals surface area (Å²) in [5, 5.41) is 13.2. The van der Waals surface area contributed by atoms with Gasteiger partial charge in [0.25, 0.3) is 0 Å². The van der Waals surface area contributed by atoms with Gasteiger partial charge in [0.15, 0.2) is 0 Å². The highest BCUT2D eigenvalue weighted by molar-refractivity contribution is 7.07. The minimum Gasteiger partial charge on any atom is -0.480 e. The van der Waals surface area contributed by atoms with Crippen molar-refractivity contribution in [2.75, 3.05) is 13.6 Å². The Hall–Kier alpha value is -1.56. The van der Waals surface area contributed by atoms with Crippen molar-refractivity contribution in [3.05, 3.63) is 22.4 Å². The monoisotopic (exact) mass is 282 g/mol. The van der Waals surface area contributed by atoms with Gasteiger partial charge in [0.1, 0.15) is 6.04 Å². The molecule has 19 heavy (non-hydrogen) atoms. The van der Waals surface area contributed by atoms with Crippen LogP contribution in [0.2, 0.25) is 0 Å². The van der Waals surface area contributed by atoms with Crippen LogP contribution >= 0.6 is 11.3 Å². The molecule has 2 atom stereocenters. The molecular weight excluding hydrogens is 264 g/mol. The normalized spacial score (nSPS) is 22.5. The first-order chi connectivity index (χ1) is 9.00. The molecule has 0 spiro atoms. The van der Waals surface area contributed by atoms with E-state index in [0.717, 1.165) is 12.0 Å². The Morgan fingerprint density at radius 2 is 2.32 bits per heavy atom. The van der Waals surface area contributed by atoms with E-state index in [0.29, 0.717) is 13.1 Å². The van der Waals surface area contributed by atoms with Gasteiger partial charge in [-0.2, -0.15) is 11.3 Å². The number of aliphatic carboxylic acids is 1. The molecule has 1 aliphatic rings. The fourth-order valence-electron chi connectivity index (χ4n) is 2.48. The van der Waals surface area contributed by atoms with Gasteiger partial charge in [-0.3, -0.25) is 0 Å². The van der Waals surface area contributed by atoms with E-state index in [1.807, 2.05) is 23.8 Å². The summed E-state index contributed by atoms with van der Waals surface area (Å²) >= 11 is 1.59. The standard InChI is InChI=1S/C13H18N2O3S/c1-9-3-5-15(11(9)12(16)17)13(18)14(2)7-10-4-6-19-8-10/h4,6,8-9,11H,3,5,7H2,1-2H3,(H,16,17). The lowest BCUT2D eigenvalue weighted by molar-refractivity contribution is -0.142. The Morgan fingerprint density at radius 3 is 2.89 bits per heavy atom. The molecule has 1 N–H and O–H groups in total. The lowest BCUT2D eigenvalue weighted by Crippen LogP contribution is -2.47. The van der Waals surface area contributed by atoms with Crippen molar-refractivity contribution in [2.45, 2.75) is 25.9 Å². The van der Waals surface area contributed by atoms with Crippen LogP contribution in [0.1, 0.15) is 18.9 Å². The van der Waals surface area contributed by atoms with Gasteiger partial charge in [0, 0.05) is 20.1 Å².